The summed E-state index contributed by atoms with van der Waals surface area (Å²) in [7, 11) is 0. The highest BCUT2D eigenvalue weighted by molar-refractivity contribution is 5.97. The summed E-state index contributed by atoms with van der Waals surface area (Å²) in [5, 5.41) is 5.43. The van der Waals surface area contributed by atoms with Gasteiger partial charge in [0.05, 0.1) is 6.54 Å². The van der Waals surface area contributed by atoms with Crippen molar-refractivity contribution in [1.29, 1.82) is 0 Å². The average Bonchev–Trinajstić information content (AvgIpc) is 2.58. The molecule has 1 rings (SSSR count). The van der Waals surface area contributed by atoms with Gasteiger partial charge in [-0.15, -0.1) is 0 Å². The summed E-state index contributed by atoms with van der Waals surface area (Å²) in [6.45, 7) is 2.00. The van der Waals surface area contributed by atoms with Gasteiger partial charge in [-0.25, -0.2) is 4.39 Å². The summed E-state index contributed by atoms with van der Waals surface area (Å²) in [6.07, 6.45) is 0.995. The van der Waals surface area contributed by atoms with Crippen LogP contribution in [-0.4, -0.2) is 43.5 Å². The molecule has 0 aromatic heterocycles. The van der Waals surface area contributed by atoms with Crippen LogP contribution in [0.25, 0.3) is 0 Å². The maximum absolute atomic E-state index is 12.2. The summed E-state index contributed by atoms with van der Waals surface area (Å²) in [6, 6.07) is 8.06. The fourth-order valence-electron chi connectivity index (χ4n) is 2.00. The Kier molecular flexibility index (Phi) is 8.34. The number of likely N-dealkylation sites (N-methyl/N-ethyl adjacent to an activating group) is 1. The molecule has 1 unspecified atom stereocenters. The second-order valence-corrected chi connectivity index (χ2v) is 5.01. The van der Waals surface area contributed by atoms with Gasteiger partial charge in [-0.05, 0) is 31.9 Å². The third kappa shape index (κ3) is 6.90. The van der Waals surface area contributed by atoms with E-state index in [1.165, 1.54) is 0 Å². The normalized spacial score (nSPS) is 12.5. The number of carbonyl (C=O) groups excluding carboxylic acids is 2. The van der Waals surface area contributed by atoms with Crippen LogP contribution >= 0.6 is 0 Å². The van der Waals surface area contributed by atoms with Gasteiger partial charge in [0, 0.05) is 12.1 Å². The lowest BCUT2D eigenvalue weighted by Crippen LogP contribution is -2.76. The molecule has 0 aliphatic heterocycles. The van der Waals surface area contributed by atoms with Crippen LogP contribution in [0.4, 0.5) is 4.39 Å². The largest absolute Gasteiger partial charge is 0.355 e. The molecule has 7 heteroatoms. The molecule has 6 nitrogen and oxygen atoms in total. The van der Waals surface area contributed by atoms with Crippen molar-refractivity contribution >= 4 is 17.6 Å². The van der Waals surface area contributed by atoms with E-state index in [4.69, 9.17) is 5.73 Å². The molecule has 0 saturated carbocycles. The zero-order valence-corrected chi connectivity index (χ0v) is 13.3. The first-order chi connectivity index (χ1) is 11.1. The van der Waals surface area contributed by atoms with Crippen molar-refractivity contribution in [3.63, 3.8) is 0 Å². The van der Waals surface area contributed by atoms with E-state index >= 15 is 0 Å². The monoisotopic (exact) mass is 323 g/mol. The van der Waals surface area contributed by atoms with Crippen LogP contribution in [0, 0.1) is 0 Å². The van der Waals surface area contributed by atoms with Gasteiger partial charge in [0.1, 0.15) is 6.04 Å². The summed E-state index contributed by atoms with van der Waals surface area (Å²) in [5.74, 6) is -0.475. The highest BCUT2D eigenvalue weighted by Crippen LogP contribution is 2.02. The van der Waals surface area contributed by atoms with Crippen molar-refractivity contribution in [1.82, 2.24) is 10.6 Å². The highest BCUT2D eigenvalue weighted by Gasteiger charge is 2.20. The second-order valence-electron chi connectivity index (χ2n) is 5.01. The number of hydrogen-bond donors (Lipinski definition) is 4. The van der Waals surface area contributed by atoms with Crippen LogP contribution in [0.1, 0.15) is 30.1 Å². The van der Waals surface area contributed by atoms with Crippen molar-refractivity contribution in [2.75, 3.05) is 19.8 Å². The first-order valence-corrected chi connectivity index (χ1v) is 7.63. The maximum Gasteiger partial charge on any atom is 0.272 e. The lowest BCUT2D eigenvalue weighted by Gasteiger charge is -2.17. The molecule has 0 aliphatic carbocycles. The van der Waals surface area contributed by atoms with Crippen LogP contribution in [0.2, 0.25) is 0 Å². The topological polar surface area (TPSA) is 98.2 Å². The molecule has 0 fully saturated rings. The van der Waals surface area contributed by atoms with E-state index in [2.05, 4.69) is 15.6 Å². The average molecular weight is 323 g/mol. The summed E-state index contributed by atoms with van der Waals surface area (Å²) < 4.78 is 12.2. The number of nitrogens with two attached hydrogens (primary N) is 1. The Morgan fingerprint density at radius 2 is 2.00 bits per heavy atom. The highest BCUT2D eigenvalue weighted by atomic mass is 19.1. The number of alkyl halides is 1. The zero-order chi connectivity index (χ0) is 17.1. The first-order valence-electron chi connectivity index (χ1n) is 7.63. The molecule has 5 N–H and O–H groups in total. The van der Waals surface area contributed by atoms with Crippen molar-refractivity contribution in [3.05, 3.63) is 35.9 Å². The van der Waals surface area contributed by atoms with Crippen LogP contribution < -0.4 is 21.4 Å². The maximum atomic E-state index is 12.2. The Hall–Kier alpha value is -2.44. The lowest BCUT2D eigenvalue weighted by molar-refractivity contribution is -0.460. The Morgan fingerprint density at radius 1 is 1.30 bits per heavy atom. The molecule has 0 saturated heterocycles. The Morgan fingerprint density at radius 3 is 2.61 bits per heavy atom. The van der Waals surface area contributed by atoms with E-state index in [0.717, 1.165) is 0 Å². The second kappa shape index (κ2) is 10.3. The third-order valence-corrected chi connectivity index (χ3v) is 3.17. The van der Waals surface area contributed by atoms with E-state index in [-0.39, 0.29) is 17.6 Å². The minimum Gasteiger partial charge on any atom is -0.355 e. The lowest BCUT2D eigenvalue weighted by atomic mass is 10.1. The van der Waals surface area contributed by atoms with E-state index in [1.807, 2.05) is 13.0 Å². The minimum absolute atomic E-state index is 0.0629. The van der Waals surface area contributed by atoms with Gasteiger partial charge >= 0.3 is 0 Å². The van der Waals surface area contributed by atoms with Gasteiger partial charge < -0.3 is 10.6 Å². The number of carbonyl (C=O) groups is 2. The smallest absolute Gasteiger partial charge is 0.272 e. The molecule has 23 heavy (non-hydrogen) atoms. The van der Waals surface area contributed by atoms with Crippen molar-refractivity contribution < 1.29 is 19.0 Å². The van der Waals surface area contributed by atoms with Gasteiger partial charge in [0.2, 0.25) is 5.91 Å². The number of halogens is 1. The van der Waals surface area contributed by atoms with Gasteiger partial charge in [-0.1, -0.05) is 18.2 Å². The number of benzene rings is 1. The van der Waals surface area contributed by atoms with Crippen LogP contribution in [-0.2, 0) is 4.79 Å². The van der Waals surface area contributed by atoms with Crippen molar-refractivity contribution in [2.45, 2.75) is 25.8 Å². The molecule has 0 aliphatic rings. The summed E-state index contributed by atoms with van der Waals surface area (Å²) in [5.41, 5.74) is 5.83. The van der Waals surface area contributed by atoms with Crippen LogP contribution in [0.15, 0.2) is 30.3 Å². The number of rotatable bonds is 9. The van der Waals surface area contributed by atoms with E-state index in [1.54, 1.807) is 24.3 Å². The van der Waals surface area contributed by atoms with Gasteiger partial charge in [-0.3, -0.25) is 20.3 Å². The van der Waals surface area contributed by atoms with E-state index < -0.39 is 12.7 Å². The molecular formula is C16H24FN4O2+. The molecule has 1 aromatic rings. The van der Waals surface area contributed by atoms with E-state index in [9.17, 15) is 14.0 Å². The fourth-order valence-corrected chi connectivity index (χ4v) is 2.00. The number of hydrogen-bond acceptors (Lipinski definition) is 2. The van der Waals surface area contributed by atoms with Crippen molar-refractivity contribution in [2.24, 2.45) is 5.73 Å². The quantitative estimate of drug-likeness (QED) is 0.269. The van der Waals surface area contributed by atoms with Gasteiger partial charge in [-0.2, -0.15) is 0 Å². The summed E-state index contributed by atoms with van der Waals surface area (Å²) in [4.78, 5) is 26.9. The fraction of sp³-hybridized carbons (Fsp3) is 0.438. The Labute approximate surface area is 135 Å². The molecule has 0 heterocycles. The minimum atomic E-state index is -0.732. The molecule has 1 atom stereocenters. The van der Waals surface area contributed by atoms with E-state index in [0.29, 0.717) is 31.5 Å². The standard InChI is InChI=1S/C16H23FN4O2/c1-2-19-16(23)13(9-6-10-20-14(18)11-17)21-15(22)12-7-4-3-5-8-12/h3-5,7-8,13H,2,6,9-11H2,1H3,(H2,18,20)(H,19,23)(H,21,22)/p+1. The predicted molar refractivity (Wildman–Crippen MR) is 86.6 cm³/mol. The van der Waals surface area contributed by atoms with Crippen molar-refractivity contribution in [3.8, 4) is 0 Å². The molecular weight excluding hydrogens is 299 g/mol. The molecule has 126 valence electrons. The first kappa shape index (κ1) is 18.6. The van der Waals surface area contributed by atoms with Gasteiger partial charge in [0.25, 0.3) is 11.7 Å². The van der Waals surface area contributed by atoms with Crippen LogP contribution in [0.5, 0.6) is 0 Å². The third-order valence-electron chi connectivity index (χ3n) is 3.17. The molecule has 2 amide bonds. The van der Waals surface area contributed by atoms with Crippen LogP contribution in [0.3, 0.4) is 0 Å². The number of nitrogens with one attached hydrogen (secondary N) is 3. The molecule has 1 aromatic carbocycles. The SMILES string of the molecule is CCNC(=O)C(CCC[NH+]=C(N)CF)NC(=O)c1ccccc1. The predicted octanol–water partition coefficient (Wildman–Crippen LogP) is -0.891. The molecule has 0 spiro atoms. The number of amidine groups is 1. The Balaban J connectivity index is 2.62. The number of amides is 2. The zero-order valence-electron chi connectivity index (χ0n) is 13.3. The Bertz CT molecular complexity index is 534. The molecule has 0 bridgehead atoms. The molecule has 0 radical (unpaired) electrons. The van der Waals surface area contributed by atoms with Gasteiger partial charge in [0.15, 0.2) is 6.67 Å². The summed E-state index contributed by atoms with van der Waals surface area (Å²) >= 11 is 0.